The zero-order valence-electron chi connectivity index (χ0n) is 11.8. The molecular formula is C15H21ClN2O2. The van der Waals surface area contributed by atoms with E-state index < -0.39 is 0 Å². The molecule has 0 aromatic heterocycles. The fourth-order valence-corrected chi connectivity index (χ4v) is 3.08. The Hall–Kier alpha value is -0.970. The lowest BCUT2D eigenvalue weighted by atomic mass is 10.1. The second-order valence-electron chi connectivity index (χ2n) is 5.55. The largest absolute Gasteiger partial charge is 0.489 e. The quantitative estimate of drug-likeness (QED) is 0.908. The Kier molecular flexibility index (Phi) is 4.34. The van der Waals surface area contributed by atoms with Crippen LogP contribution in [0.4, 0.5) is 0 Å². The summed E-state index contributed by atoms with van der Waals surface area (Å²) in [6.07, 6.45) is 0.898. The van der Waals surface area contributed by atoms with Gasteiger partial charge in [-0.05, 0) is 24.6 Å². The summed E-state index contributed by atoms with van der Waals surface area (Å²) >= 11 is 6.33. The molecule has 1 N–H and O–H groups in total. The molecule has 3 rings (SSSR count). The highest BCUT2D eigenvalue weighted by atomic mass is 35.5. The van der Waals surface area contributed by atoms with Gasteiger partial charge in [0.2, 0.25) is 0 Å². The average Bonchev–Trinajstić information content (AvgIpc) is 2.64. The molecule has 0 aliphatic carbocycles. The first kappa shape index (κ1) is 14.0. The lowest BCUT2D eigenvalue weighted by Gasteiger charge is -2.32. The van der Waals surface area contributed by atoms with Crippen molar-refractivity contribution in [2.45, 2.75) is 25.9 Å². The first-order valence-electron chi connectivity index (χ1n) is 7.26. The van der Waals surface area contributed by atoms with Crippen LogP contribution in [0.3, 0.4) is 0 Å². The molecule has 0 saturated carbocycles. The van der Waals surface area contributed by atoms with Gasteiger partial charge in [0.1, 0.15) is 0 Å². The Labute approximate surface area is 125 Å². The van der Waals surface area contributed by atoms with Gasteiger partial charge in [-0.2, -0.15) is 0 Å². The maximum atomic E-state index is 6.33. The van der Waals surface area contributed by atoms with E-state index in [1.54, 1.807) is 0 Å². The summed E-state index contributed by atoms with van der Waals surface area (Å²) in [5, 5.41) is 4.11. The standard InChI is InChI=1S/C15H21ClN2O2/c1-11-9-18(4-3-17-11)10-12-7-13(16)15-14(8-12)19-5-2-6-20-15/h7-8,11,17H,2-6,9-10H2,1H3. The first-order valence-corrected chi connectivity index (χ1v) is 7.64. The number of ether oxygens (including phenoxy) is 2. The Morgan fingerprint density at radius 3 is 3.05 bits per heavy atom. The molecule has 1 fully saturated rings. The summed E-state index contributed by atoms with van der Waals surface area (Å²) in [5.41, 5.74) is 1.19. The van der Waals surface area contributed by atoms with Crippen molar-refractivity contribution in [2.24, 2.45) is 0 Å². The summed E-state index contributed by atoms with van der Waals surface area (Å²) < 4.78 is 11.4. The lowest BCUT2D eigenvalue weighted by Crippen LogP contribution is -2.48. The van der Waals surface area contributed by atoms with Gasteiger partial charge >= 0.3 is 0 Å². The van der Waals surface area contributed by atoms with Crippen LogP contribution < -0.4 is 14.8 Å². The van der Waals surface area contributed by atoms with Gasteiger partial charge in [0.05, 0.1) is 18.2 Å². The number of hydrogen-bond acceptors (Lipinski definition) is 4. The number of benzene rings is 1. The zero-order chi connectivity index (χ0) is 13.9. The molecule has 0 spiro atoms. The molecule has 0 bridgehead atoms. The number of nitrogens with one attached hydrogen (secondary N) is 1. The maximum Gasteiger partial charge on any atom is 0.179 e. The topological polar surface area (TPSA) is 33.7 Å². The van der Waals surface area contributed by atoms with Crippen molar-refractivity contribution in [3.05, 3.63) is 22.7 Å². The molecule has 20 heavy (non-hydrogen) atoms. The van der Waals surface area contributed by atoms with E-state index in [9.17, 15) is 0 Å². The Morgan fingerprint density at radius 2 is 2.20 bits per heavy atom. The number of fused-ring (bicyclic) bond motifs is 1. The monoisotopic (exact) mass is 296 g/mol. The summed E-state index contributed by atoms with van der Waals surface area (Å²) in [5.74, 6) is 1.48. The summed E-state index contributed by atoms with van der Waals surface area (Å²) in [4.78, 5) is 2.44. The van der Waals surface area contributed by atoms with Gasteiger partial charge in [-0.3, -0.25) is 4.90 Å². The van der Waals surface area contributed by atoms with Crippen molar-refractivity contribution < 1.29 is 9.47 Å². The molecule has 2 aliphatic rings. The van der Waals surface area contributed by atoms with E-state index in [-0.39, 0.29) is 0 Å². The summed E-state index contributed by atoms with van der Waals surface area (Å²) in [6, 6.07) is 4.61. The van der Waals surface area contributed by atoms with Gasteiger partial charge in [-0.15, -0.1) is 0 Å². The molecule has 110 valence electrons. The van der Waals surface area contributed by atoms with E-state index in [1.165, 1.54) is 5.56 Å². The summed E-state index contributed by atoms with van der Waals surface area (Å²) in [6.45, 7) is 7.65. The minimum atomic E-state index is 0.541. The van der Waals surface area contributed by atoms with Crippen molar-refractivity contribution in [1.29, 1.82) is 0 Å². The number of hydrogen-bond donors (Lipinski definition) is 1. The van der Waals surface area contributed by atoms with Gasteiger partial charge in [0.15, 0.2) is 11.5 Å². The molecular weight excluding hydrogens is 276 g/mol. The van der Waals surface area contributed by atoms with Crippen LogP contribution in [0.15, 0.2) is 12.1 Å². The average molecular weight is 297 g/mol. The highest BCUT2D eigenvalue weighted by Crippen LogP contribution is 2.38. The SMILES string of the molecule is CC1CN(Cc2cc(Cl)c3c(c2)OCCCO3)CCN1. The zero-order valence-corrected chi connectivity index (χ0v) is 12.6. The van der Waals surface area contributed by atoms with Crippen LogP contribution in [-0.2, 0) is 6.54 Å². The summed E-state index contributed by atoms with van der Waals surface area (Å²) in [7, 11) is 0. The van der Waals surface area contributed by atoms with Crippen molar-refractivity contribution in [3.8, 4) is 11.5 Å². The lowest BCUT2D eigenvalue weighted by molar-refractivity contribution is 0.199. The van der Waals surface area contributed by atoms with Crippen LogP contribution in [0.1, 0.15) is 18.9 Å². The molecule has 0 amide bonds. The molecule has 1 aromatic rings. The van der Waals surface area contributed by atoms with Crippen molar-refractivity contribution in [3.63, 3.8) is 0 Å². The fourth-order valence-electron chi connectivity index (χ4n) is 2.79. The third-order valence-electron chi connectivity index (χ3n) is 3.72. The van der Waals surface area contributed by atoms with E-state index in [1.807, 2.05) is 6.07 Å². The first-order chi connectivity index (χ1) is 9.72. The van der Waals surface area contributed by atoms with Gasteiger partial charge in [0, 0.05) is 38.6 Å². The molecule has 2 aliphatic heterocycles. The van der Waals surface area contributed by atoms with E-state index >= 15 is 0 Å². The number of nitrogens with zero attached hydrogens (tertiary/aromatic N) is 1. The second kappa shape index (κ2) is 6.20. The Balaban J connectivity index is 1.76. The molecule has 5 heteroatoms. The number of rotatable bonds is 2. The molecule has 4 nitrogen and oxygen atoms in total. The Bertz CT molecular complexity index is 481. The second-order valence-corrected chi connectivity index (χ2v) is 5.95. The van der Waals surface area contributed by atoms with Crippen LogP contribution in [0.25, 0.3) is 0 Å². The van der Waals surface area contributed by atoms with Crippen LogP contribution in [0.2, 0.25) is 5.02 Å². The fraction of sp³-hybridized carbons (Fsp3) is 0.600. The number of halogens is 1. The van der Waals surface area contributed by atoms with E-state index in [0.717, 1.165) is 38.3 Å². The third kappa shape index (κ3) is 3.19. The van der Waals surface area contributed by atoms with Crippen molar-refractivity contribution >= 4 is 11.6 Å². The van der Waals surface area contributed by atoms with Gasteiger partial charge in [0.25, 0.3) is 0 Å². The van der Waals surface area contributed by atoms with E-state index in [4.69, 9.17) is 21.1 Å². The maximum absolute atomic E-state index is 6.33. The predicted molar refractivity (Wildman–Crippen MR) is 79.8 cm³/mol. The highest BCUT2D eigenvalue weighted by molar-refractivity contribution is 6.32. The van der Waals surface area contributed by atoms with Crippen LogP contribution in [-0.4, -0.2) is 43.8 Å². The van der Waals surface area contributed by atoms with Crippen LogP contribution in [0, 0.1) is 0 Å². The van der Waals surface area contributed by atoms with Crippen molar-refractivity contribution in [1.82, 2.24) is 10.2 Å². The number of piperazine rings is 1. The van der Waals surface area contributed by atoms with Gasteiger partial charge in [-0.1, -0.05) is 11.6 Å². The third-order valence-corrected chi connectivity index (χ3v) is 4.00. The minimum Gasteiger partial charge on any atom is -0.489 e. The van der Waals surface area contributed by atoms with E-state index in [2.05, 4.69) is 23.2 Å². The van der Waals surface area contributed by atoms with Crippen LogP contribution >= 0.6 is 11.6 Å². The smallest absolute Gasteiger partial charge is 0.179 e. The molecule has 2 heterocycles. The molecule has 1 aromatic carbocycles. The molecule has 0 radical (unpaired) electrons. The van der Waals surface area contributed by atoms with Crippen molar-refractivity contribution in [2.75, 3.05) is 32.8 Å². The van der Waals surface area contributed by atoms with Gasteiger partial charge in [-0.25, -0.2) is 0 Å². The molecule has 1 atom stereocenters. The molecule has 1 saturated heterocycles. The molecule has 1 unspecified atom stereocenters. The predicted octanol–water partition coefficient (Wildman–Crippen LogP) is 2.29. The van der Waals surface area contributed by atoms with E-state index in [0.29, 0.717) is 30.0 Å². The highest BCUT2D eigenvalue weighted by Gasteiger charge is 2.19. The Morgan fingerprint density at radius 1 is 1.35 bits per heavy atom. The minimum absolute atomic E-state index is 0.541. The van der Waals surface area contributed by atoms with Gasteiger partial charge < -0.3 is 14.8 Å². The van der Waals surface area contributed by atoms with Crippen LogP contribution in [0.5, 0.6) is 11.5 Å². The normalized spacial score (nSPS) is 23.4.